The Morgan fingerprint density at radius 3 is 2.83 bits per heavy atom. The van der Waals surface area contributed by atoms with E-state index in [1.165, 1.54) is 5.56 Å². The molecule has 1 aromatic heterocycles. The third-order valence-electron chi connectivity index (χ3n) is 7.22. The van der Waals surface area contributed by atoms with Crippen molar-refractivity contribution in [1.29, 1.82) is 0 Å². The smallest absolute Gasteiger partial charge is 0.235 e. The number of fused-ring (bicyclic) bond motifs is 3. The topological polar surface area (TPSA) is 70.2 Å². The van der Waals surface area contributed by atoms with Crippen molar-refractivity contribution in [1.82, 2.24) is 15.1 Å². The highest BCUT2D eigenvalue weighted by Crippen LogP contribution is 2.65. The zero-order valence-electron chi connectivity index (χ0n) is 20.1. The minimum absolute atomic E-state index is 0.0792. The van der Waals surface area contributed by atoms with Crippen LogP contribution in [0, 0.1) is 0 Å². The van der Waals surface area contributed by atoms with E-state index >= 15 is 0 Å². The number of benzene rings is 3. The first-order valence-corrected chi connectivity index (χ1v) is 11.9. The van der Waals surface area contributed by atoms with Crippen LogP contribution in [0.1, 0.15) is 40.3 Å². The Labute approximate surface area is 204 Å². The third kappa shape index (κ3) is 3.61. The zero-order chi connectivity index (χ0) is 24.2. The fraction of sp³-hybridized carbons (Fsp3) is 0.241. The molecule has 2 N–H and O–H groups in total. The molecule has 1 aliphatic heterocycles. The molecule has 3 aromatic carbocycles. The molecule has 0 saturated heterocycles. The van der Waals surface area contributed by atoms with Crippen LogP contribution in [0.25, 0.3) is 23.1 Å². The van der Waals surface area contributed by atoms with Crippen molar-refractivity contribution in [3.63, 3.8) is 0 Å². The molecule has 35 heavy (non-hydrogen) atoms. The lowest BCUT2D eigenvalue weighted by Crippen LogP contribution is -2.21. The number of carbonyl (C=O) groups excluding carboxylic acids is 1. The molecule has 1 saturated carbocycles. The Bertz CT molecular complexity index is 1490. The van der Waals surface area contributed by atoms with Gasteiger partial charge in [0.1, 0.15) is 5.75 Å². The van der Waals surface area contributed by atoms with E-state index in [1.807, 2.05) is 18.2 Å². The van der Waals surface area contributed by atoms with Gasteiger partial charge in [0.05, 0.1) is 23.7 Å². The molecule has 0 bridgehead atoms. The number of hydrogen-bond acceptors (Lipinski definition) is 4. The van der Waals surface area contributed by atoms with Crippen LogP contribution >= 0.6 is 0 Å². The molecule has 6 heteroatoms. The highest BCUT2D eigenvalue weighted by atomic mass is 16.5. The number of aromatic amines is 1. The summed E-state index contributed by atoms with van der Waals surface area (Å²) >= 11 is 0. The average Bonchev–Trinajstić information content (AvgIpc) is 3.39. The summed E-state index contributed by atoms with van der Waals surface area (Å²) < 4.78 is 5.41. The summed E-state index contributed by atoms with van der Waals surface area (Å²) in [4.78, 5) is 15.1. The fourth-order valence-corrected chi connectivity index (χ4v) is 5.44. The molecule has 6 nitrogen and oxygen atoms in total. The normalized spacial score (nSPS) is 20.7. The van der Waals surface area contributed by atoms with Crippen molar-refractivity contribution in [3.05, 3.63) is 88.6 Å². The number of amides is 1. The van der Waals surface area contributed by atoms with E-state index in [-0.39, 0.29) is 11.8 Å². The van der Waals surface area contributed by atoms with Gasteiger partial charge in [-0.3, -0.25) is 9.89 Å². The summed E-state index contributed by atoms with van der Waals surface area (Å²) in [6, 6.07) is 20.8. The van der Waals surface area contributed by atoms with E-state index in [4.69, 9.17) is 4.74 Å². The van der Waals surface area contributed by atoms with E-state index in [0.717, 1.165) is 57.7 Å². The fourth-order valence-electron chi connectivity index (χ4n) is 5.44. The van der Waals surface area contributed by atoms with Crippen molar-refractivity contribution >= 4 is 34.6 Å². The highest BCUT2D eigenvalue weighted by molar-refractivity contribution is 6.10. The van der Waals surface area contributed by atoms with Crippen LogP contribution in [0.5, 0.6) is 5.75 Å². The Morgan fingerprint density at radius 1 is 1.11 bits per heavy atom. The van der Waals surface area contributed by atoms with Gasteiger partial charge in [0.25, 0.3) is 0 Å². The Hall–Kier alpha value is -3.90. The minimum Gasteiger partial charge on any atom is -0.497 e. The second-order valence-corrected chi connectivity index (χ2v) is 9.82. The lowest BCUT2D eigenvalue weighted by atomic mass is 9.91. The first kappa shape index (κ1) is 21.6. The molecule has 6 rings (SSSR count). The van der Waals surface area contributed by atoms with Gasteiger partial charge in [-0.1, -0.05) is 42.5 Å². The molecule has 0 radical (unpaired) electrons. The average molecular weight is 465 g/mol. The van der Waals surface area contributed by atoms with Crippen LogP contribution in [-0.2, 0) is 16.8 Å². The number of hydrogen-bond donors (Lipinski definition) is 2. The number of rotatable bonds is 6. The Kier molecular flexibility index (Phi) is 5.00. The van der Waals surface area contributed by atoms with Gasteiger partial charge >= 0.3 is 0 Å². The van der Waals surface area contributed by atoms with Crippen molar-refractivity contribution < 1.29 is 9.53 Å². The maximum Gasteiger partial charge on any atom is 0.235 e. The first-order chi connectivity index (χ1) is 17.0. The Balaban J connectivity index is 1.27. The standard InChI is InChI=1S/C29H28N4O2/c1-33(2)17-19-6-4-5-18(13-19)7-11-25-22-10-8-20(14-27(22)32-31-25)24-16-29(24)23-15-21(35-3)9-12-26(23)30-28(29)34/h4-15,24H,16-17H2,1-3H3,(H,30,34)(H,31,32)/b11-7+/t24?,29-/m0/s1. The van der Waals surface area contributed by atoms with Gasteiger partial charge in [-0.25, -0.2) is 0 Å². The lowest BCUT2D eigenvalue weighted by Gasteiger charge is -2.10. The number of anilines is 1. The summed E-state index contributed by atoms with van der Waals surface area (Å²) in [5.74, 6) is 0.996. The van der Waals surface area contributed by atoms with Crippen molar-refractivity contribution in [3.8, 4) is 5.75 Å². The lowest BCUT2D eigenvalue weighted by molar-refractivity contribution is -0.118. The van der Waals surface area contributed by atoms with Crippen LogP contribution in [0.4, 0.5) is 5.69 Å². The largest absolute Gasteiger partial charge is 0.497 e. The number of H-pyrrole nitrogens is 1. The van der Waals surface area contributed by atoms with Crippen LogP contribution in [0.2, 0.25) is 0 Å². The van der Waals surface area contributed by atoms with E-state index < -0.39 is 5.41 Å². The van der Waals surface area contributed by atoms with Gasteiger partial charge in [0.15, 0.2) is 0 Å². The van der Waals surface area contributed by atoms with Gasteiger partial charge < -0.3 is 15.0 Å². The van der Waals surface area contributed by atoms with Gasteiger partial charge in [-0.2, -0.15) is 5.10 Å². The summed E-state index contributed by atoms with van der Waals surface area (Å²) in [5, 5.41) is 11.9. The summed E-state index contributed by atoms with van der Waals surface area (Å²) in [5.41, 5.74) is 6.90. The summed E-state index contributed by atoms with van der Waals surface area (Å²) in [6.45, 7) is 0.910. The van der Waals surface area contributed by atoms with Gasteiger partial charge in [-0.05, 0) is 73.1 Å². The maximum atomic E-state index is 13.0. The van der Waals surface area contributed by atoms with Crippen molar-refractivity contribution in [2.45, 2.75) is 24.3 Å². The Morgan fingerprint density at radius 2 is 2.00 bits per heavy atom. The molecule has 2 atom stereocenters. The summed E-state index contributed by atoms with van der Waals surface area (Å²) in [6.07, 6.45) is 4.96. The number of aromatic nitrogens is 2. The van der Waals surface area contributed by atoms with Crippen LogP contribution in [0.3, 0.4) is 0 Å². The highest BCUT2D eigenvalue weighted by Gasteiger charge is 2.65. The monoisotopic (exact) mass is 464 g/mol. The molecule has 1 spiro atoms. The van der Waals surface area contributed by atoms with Crippen molar-refractivity contribution in [2.75, 3.05) is 26.5 Å². The summed E-state index contributed by atoms with van der Waals surface area (Å²) in [7, 11) is 5.80. The van der Waals surface area contributed by atoms with E-state index in [1.54, 1.807) is 7.11 Å². The van der Waals surface area contributed by atoms with Crippen LogP contribution in [-0.4, -0.2) is 42.2 Å². The van der Waals surface area contributed by atoms with E-state index in [2.05, 4.69) is 89.1 Å². The predicted molar refractivity (Wildman–Crippen MR) is 140 cm³/mol. The second-order valence-electron chi connectivity index (χ2n) is 9.82. The molecule has 176 valence electrons. The van der Waals surface area contributed by atoms with E-state index in [9.17, 15) is 4.79 Å². The molecule has 1 amide bonds. The SMILES string of the molecule is COc1ccc2c(c1)[C@]1(CC1c1ccc3c(/C=C/c4cccc(CN(C)C)c4)n[nH]c3c1)C(=O)N2. The molecule has 2 aliphatic rings. The number of ether oxygens (including phenoxy) is 1. The maximum absolute atomic E-state index is 13.0. The molecule has 1 aliphatic carbocycles. The first-order valence-electron chi connectivity index (χ1n) is 11.9. The minimum atomic E-state index is -0.502. The van der Waals surface area contributed by atoms with Gasteiger partial charge in [0.2, 0.25) is 5.91 Å². The number of nitrogens with one attached hydrogen (secondary N) is 2. The van der Waals surface area contributed by atoms with E-state index in [0.29, 0.717) is 0 Å². The predicted octanol–water partition coefficient (Wildman–Crippen LogP) is 5.18. The molecule has 2 heterocycles. The number of nitrogens with zero attached hydrogens (tertiary/aromatic N) is 2. The molecule has 1 unspecified atom stereocenters. The zero-order valence-corrected chi connectivity index (χ0v) is 20.1. The molecular weight excluding hydrogens is 436 g/mol. The second kappa shape index (κ2) is 8.10. The number of methoxy groups -OCH3 is 1. The third-order valence-corrected chi connectivity index (χ3v) is 7.22. The number of carbonyl (C=O) groups is 1. The quantitative estimate of drug-likeness (QED) is 0.413. The van der Waals surface area contributed by atoms with Crippen LogP contribution in [0.15, 0.2) is 60.7 Å². The van der Waals surface area contributed by atoms with Gasteiger partial charge in [-0.15, -0.1) is 0 Å². The van der Waals surface area contributed by atoms with Crippen LogP contribution < -0.4 is 10.1 Å². The van der Waals surface area contributed by atoms with Crippen molar-refractivity contribution in [2.24, 2.45) is 0 Å². The molecule has 4 aromatic rings. The van der Waals surface area contributed by atoms with Gasteiger partial charge in [0, 0.05) is 23.5 Å². The molecule has 1 fully saturated rings. The molecular formula is C29H28N4O2.